The average molecular weight is 414 g/mol. The van der Waals surface area contributed by atoms with Crippen molar-refractivity contribution < 1.29 is 12.8 Å². The third-order valence-corrected chi connectivity index (χ3v) is 6.71. The Morgan fingerprint density at radius 3 is 2.56 bits per heavy atom. The predicted octanol–water partition coefficient (Wildman–Crippen LogP) is 2.90. The quantitative estimate of drug-likeness (QED) is 0.747. The number of nitrogens with one attached hydrogen (secondary N) is 1. The molecule has 0 radical (unpaired) electrons. The van der Waals surface area contributed by atoms with Gasteiger partial charge in [0.05, 0.1) is 0 Å². The first-order chi connectivity index (χ1) is 11.4. The van der Waals surface area contributed by atoms with Crippen molar-refractivity contribution in [3.8, 4) is 0 Å². The van der Waals surface area contributed by atoms with Crippen LogP contribution in [0.5, 0.6) is 0 Å². The number of benzene rings is 1. The summed E-state index contributed by atoms with van der Waals surface area (Å²) < 4.78 is 41.9. The van der Waals surface area contributed by atoms with Crippen molar-refractivity contribution in [1.82, 2.24) is 13.9 Å². The Labute approximate surface area is 161 Å². The summed E-state index contributed by atoms with van der Waals surface area (Å²) in [7, 11) is -2.16. The second kappa shape index (κ2) is 10.0. The van der Waals surface area contributed by atoms with Gasteiger partial charge in [0.1, 0.15) is 5.82 Å². The van der Waals surface area contributed by atoms with Gasteiger partial charge in [-0.3, -0.25) is 0 Å². The highest BCUT2D eigenvalue weighted by Crippen LogP contribution is 2.24. The van der Waals surface area contributed by atoms with E-state index in [1.807, 2.05) is 0 Å². The highest BCUT2D eigenvalue weighted by molar-refractivity contribution is 7.86. The van der Waals surface area contributed by atoms with Gasteiger partial charge in [0, 0.05) is 37.3 Å². The SMILES string of the molecule is CCNCC1CCN(S(=O)(=O)N(C)Cc2c(F)cccc2Cl)CC1.Cl. The average Bonchev–Trinajstić information content (AvgIpc) is 2.56. The Morgan fingerprint density at radius 2 is 2.00 bits per heavy atom. The molecule has 1 N–H and O–H groups in total. The minimum Gasteiger partial charge on any atom is -0.317 e. The van der Waals surface area contributed by atoms with Crippen LogP contribution >= 0.6 is 24.0 Å². The van der Waals surface area contributed by atoms with Crippen LogP contribution in [0.4, 0.5) is 4.39 Å². The third kappa shape index (κ3) is 5.77. The first kappa shape index (κ1) is 22.6. The predicted molar refractivity (Wildman–Crippen MR) is 102 cm³/mol. The summed E-state index contributed by atoms with van der Waals surface area (Å²) in [6.07, 6.45) is 1.67. The monoisotopic (exact) mass is 413 g/mol. The van der Waals surface area contributed by atoms with Crippen molar-refractivity contribution in [3.63, 3.8) is 0 Å². The molecular formula is C16H26Cl2FN3O2S. The summed E-state index contributed by atoms with van der Waals surface area (Å²) in [4.78, 5) is 0. The molecule has 0 unspecified atom stereocenters. The lowest BCUT2D eigenvalue weighted by Crippen LogP contribution is -2.46. The molecular weight excluding hydrogens is 388 g/mol. The van der Waals surface area contributed by atoms with Crippen molar-refractivity contribution in [2.75, 3.05) is 33.2 Å². The topological polar surface area (TPSA) is 52.7 Å². The zero-order valence-electron chi connectivity index (χ0n) is 14.5. The van der Waals surface area contributed by atoms with Gasteiger partial charge in [0.2, 0.25) is 0 Å². The van der Waals surface area contributed by atoms with Crippen LogP contribution in [-0.4, -0.2) is 50.3 Å². The van der Waals surface area contributed by atoms with Crippen LogP contribution in [0.3, 0.4) is 0 Å². The van der Waals surface area contributed by atoms with Crippen molar-refractivity contribution in [3.05, 3.63) is 34.6 Å². The molecule has 0 amide bonds. The van der Waals surface area contributed by atoms with E-state index >= 15 is 0 Å². The van der Waals surface area contributed by atoms with E-state index in [0.717, 1.165) is 25.9 Å². The molecule has 1 aromatic carbocycles. The van der Waals surface area contributed by atoms with E-state index in [1.165, 1.54) is 27.8 Å². The molecule has 2 rings (SSSR count). The van der Waals surface area contributed by atoms with Gasteiger partial charge in [0.15, 0.2) is 0 Å². The maximum Gasteiger partial charge on any atom is 0.282 e. The molecule has 0 aliphatic carbocycles. The number of hydrogen-bond donors (Lipinski definition) is 1. The third-order valence-electron chi connectivity index (χ3n) is 4.42. The number of hydrogen-bond acceptors (Lipinski definition) is 3. The van der Waals surface area contributed by atoms with Crippen molar-refractivity contribution in [2.24, 2.45) is 5.92 Å². The molecule has 1 aliphatic rings. The van der Waals surface area contributed by atoms with E-state index in [-0.39, 0.29) is 29.5 Å². The van der Waals surface area contributed by atoms with Crippen LogP contribution in [0.25, 0.3) is 0 Å². The summed E-state index contributed by atoms with van der Waals surface area (Å²) in [6, 6.07) is 4.35. The van der Waals surface area contributed by atoms with Crippen molar-refractivity contribution >= 4 is 34.2 Å². The van der Waals surface area contributed by atoms with E-state index < -0.39 is 16.0 Å². The van der Waals surface area contributed by atoms with Gasteiger partial charge in [-0.25, -0.2) is 4.39 Å². The lowest BCUT2D eigenvalue weighted by atomic mass is 9.98. The van der Waals surface area contributed by atoms with Gasteiger partial charge in [-0.05, 0) is 44.0 Å². The number of nitrogens with zero attached hydrogens (tertiary/aromatic N) is 2. The zero-order chi connectivity index (χ0) is 17.7. The van der Waals surface area contributed by atoms with Gasteiger partial charge in [-0.15, -0.1) is 12.4 Å². The smallest absolute Gasteiger partial charge is 0.282 e. The van der Waals surface area contributed by atoms with E-state index in [0.29, 0.717) is 19.0 Å². The summed E-state index contributed by atoms with van der Waals surface area (Å²) in [6.45, 7) is 4.81. The van der Waals surface area contributed by atoms with Crippen LogP contribution in [-0.2, 0) is 16.8 Å². The first-order valence-electron chi connectivity index (χ1n) is 8.21. The molecule has 0 spiro atoms. The minimum absolute atomic E-state index is 0. The molecule has 1 aliphatic heterocycles. The first-order valence-corrected chi connectivity index (χ1v) is 9.98. The molecule has 0 aromatic heterocycles. The fourth-order valence-electron chi connectivity index (χ4n) is 2.88. The standard InChI is InChI=1S/C16H25ClFN3O2S.ClH/c1-3-19-11-13-7-9-21(10-8-13)24(22,23)20(2)12-14-15(17)5-4-6-16(14)18;/h4-6,13,19H,3,7-12H2,1-2H3;1H. The fraction of sp³-hybridized carbons (Fsp3) is 0.625. The van der Waals surface area contributed by atoms with E-state index in [2.05, 4.69) is 12.2 Å². The largest absolute Gasteiger partial charge is 0.317 e. The number of rotatable bonds is 7. The van der Waals surface area contributed by atoms with Crippen molar-refractivity contribution in [2.45, 2.75) is 26.3 Å². The Hall–Kier alpha value is -0.440. The Morgan fingerprint density at radius 1 is 1.36 bits per heavy atom. The summed E-state index contributed by atoms with van der Waals surface area (Å²) in [5.74, 6) is 0.0108. The molecule has 9 heteroatoms. The molecule has 1 heterocycles. The van der Waals surface area contributed by atoms with Gasteiger partial charge < -0.3 is 5.32 Å². The van der Waals surface area contributed by atoms with Gasteiger partial charge in [0.25, 0.3) is 10.2 Å². The van der Waals surface area contributed by atoms with Gasteiger partial charge in [-0.1, -0.05) is 24.6 Å². The molecule has 1 aromatic rings. The maximum atomic E-state index is 13.9. The molecule has 5 nitrogen and oxygen atoms in total. The number of halogens is 3. The molecule has 25 heavy (non-hydrogen) atoms. The van der Waals surface area contributed by atoms with E-state index in [9.17, 15) is 12.8 Å². The molecule has 0 bridgehead atoms. The Kier molecular flexibility index (Phi) is 9.08. The normalized spacial score (nSPS) is 16.8. The van der Waals surface area contributed by atoms with Crippen LogP contribution in [0.15, 0.2) is 18.2 Å². The minimum atomic E-state index is -3.62. The maximum absolute atomic E-state index is 13.9. The highest BCUT2D eigenvalue weighted by Gasteiger charge is 2.31. The van der Waals surface area contributed by atoms with Crippen LogP contribution in [0, 0.1) is 11.7 Å². The highest BCUT2D eigenvalue weighted by atomic mass is 35.5. The molecule has 144 valence electrons. The molecule has 0 saturated carbocycles. The molecule has 0 atom stereocenters. The van der Waals surface area contributed by atoms with Crippen LogP contribution in [0.2, 0.25) is 5.02 Å². The Balaban J connectivity index is 0.00000312. The summed E-state index contributed by atoms with van der Waals surface area (Å²) in [5.41, 5.74) is 0.201. The Bertz CT molecular complexity index is 633. The second-order valence-electron chi connectivity index (χ2n) is 6.11. The zero-order valence-corrected chi connectivity index (χ0v) is 16.9. The van der Waals surface area contributed by atoms with Crippen LogP contribution < -0.4 is 5.32 Å². The van der Waals surface area contributed by atoms with Gasteiger partial charge >= 0.3 is 0 Å². The van der Waals surface area contributed by atoms with Crippen molar-refractivity contribution in [1.29, 1.82) is 0 Å². The van der Waals surface area contributed by atoms with E-state index in [1.54, 1.807) is 6.07 Å². The summed E-state index contributed by atoms with van der Waals surface area (Å²) >= 11 is 6.00. The second-order valence-corrected chi connectivity index (χ2v) is 8.56. The van der Waals surface area contributed by atoms with Crippen LogP contribution in [0.1, 0.15) is 25.3 Å². The lowest BCUT2D eigenvalue weighted by molar-refractivity contribution is 0.253. The summed E-state index contributed by atoms with van der Waals surface area (Å²) in [5, 5.41) is 3.54. The number of piperidine rings is 1. The van der Waals surface area contributed by atoms with Gasteiger partial charge in [-0.2, -0.15) is 17.0 Å². The fourth-order valence-corrected chi connectivity index (χ4v) is 4.46. The van der Waals surface area contributed by atoms with E-state index in [4.69, 9.17) is 11.6 Å². The molecule has 1 fully saturated rings. The molecule has 1 saturated heterocycles. The lowest BCUT2D eigenvalue weighted by Gasteiger charge is -2.34.